The number of thiazole rings is 1. The molecule has 132 valence electrons. The fourth-order valence-corrected chi connectivity index (χ4v) is 2.97. The van der Waals surface area contributed by atoms with Crippen molar-refractivity contribution in [3.8, 4) is 16.3 Å². The highest BCUT2D eigenvalue weighted by molar-refractivity contribution is 7.13. The Morgan fingerprint density at radius 1 is 1.15 bits per heavy atom. The van der Waals surface area contributed by atoms with E-state index in [1.54, 1.807) is 17.5 Å². The van der Waals surface area contributed by atoms with Gasteiger partial charge in [-0.15, -0.1) is 11.3 Å². The number of nitro benzene ring substituents is 1. The van der Waals surface area contributed by atoms with Crippen molar-refractivity contribution in [2.24, 2.45) is 0 Å². The number of nitro groups is 1. The fourth-order valence-electron chi connectivity index (χ4n) is 2.14. The minimum absolute atomic E-state index is 0.245. The summed E-state index contributed by atoms with van der Waals surface area (Å²) in [6, 6.07) is 8.33. The van der Waals surface area contributed by atoms with E-state index in [4.69, 9.17) is 4.74 Å². The highest BCUT2D eigenvalue weighted by atomic mass is 32.1. The Balaban J connectivity index is 1.72. The van der Waals surface area contributed by atoms with E-state index < -0.39 is 28.1 Å². The number of carbonyl (C=O) groups is 1. The molecule has 2 aromatic carbocycles. The molecular weight excluding hydrogens is 366 g/mol. The number of nitrogens with zero attached hydrogens (tertiary/aromatic N) is 2. The van der Waals surface area contributed by atoms with Gasteiger partial charge in [-0.25, -0.2) is 13.8 Å². The molecule has 0 saturated carbocycles. The van der Waals surface area contributed by atoms with E-state index in [0.717, 1.165) is 18.2 Å². The molecule has 0 saturated heterocycles. The van der Waals surface area contributed by atoms with Crippen molar-refractivity contribution in [3.05, 3.63) is 75.3 Å². The van der Waals surface area contributed by atoms with Gasteiger partial charge < -0.3 is 4.74 Å². The second-order valence-corrected chi connectivity index (χ2v) is 6.03. The zero-order valence-corrected chi connectivity index (χ0v) is 13.8. The van der Waals surface area contributed by atoms with Gasteiger partial charge in [-0.1, -0.05) is 0 Å². The first-order chi connectivity index (χ1) is 12.4. The Morgan fingerprint density at radius 3 is 2.54 bits per heavy atom. The average molecular weight is 376 g/mol. The molecule has 0 aliphatic heterocycles. The van der Waals surface area contributed by atoms with Crippen LogP contribution in [0, 0.1) is 21.7 Å². The minimum Gasteiger partial charge on any atom is -0.419 e. The summed E-state index contributed by atoms with van der Waals surface area (Å²) in [5.41, 5.74) is 0.570. The predicted molar refractivity (Wildman–Crippen MR) is 89.9 cm³/mol. The number of aromatic nitrogens is 1. The maximum Gasteiger partial charge on any atom is 0.317 e. The molecule has 0 unspecified atom stereocenters. The van der Waals surface area contributed by atoms with Crippen molar-refractivity contribution in [1.82, 2.24) is 4.98 Å². The number of ether oxygens (including phenoxy) is 1. The molecule has 0 radical (unpaired) electrons. The molecule has 0 aliphatic rings. The van der Waals surface area contributed by atoms with Crippen LogP contribution in [-0.2, 0) is 11.2 Å². The van der Waals surface area contributed by atoms with E-state index in [9.17, 15) is 23.7 Å². The van der Waals surface area contributed by atoms with Crippen LogP contribution in [0.5, 0.6) is 5.75 Å². The highest BCUT2D eigenvalue weighted by Gasteiger charge is 2.20. The summed E-state index contributed by atoms with van der Waals surface area (Å²) < 4.78 is 31.1. The number of carbonyl (C=O) groups excluding carboxylic acids is 1. The number of hydrogen-bond acceptors (Lipinski definition) is 6. The Labute approximate surface area is 149 Å². The van der Waals surface area contributed by atoms with Gasteiger partial charge in [-0.2, -0.15) is 0 Å². The lowest BCUT2D eigenvalue weighted by Crippen LogP contribution is -2.12. The largest absolute Gasteiger partial charge is 0.419 e. The monoisotopic (exact) mass is 376 g/mol. The van der Waals surface area contributed by atoms with Crippen molar-refractivity contribution < 1.29 is 23.2 Å². The molecule has 6 nitrogen and oxygen atoms in total. The standard InChI is InChI=1S/C17H10F2N2O4S/c18-11-3-1-10(2-4-11)17-20-13(9-26-17)8-16(22)25-15-7-12(19)5-6-14(15)21(23)24/h1-7,9H,8H2. The molecule has 9 heteroatoms. The normalized spacial score (nSPS) is 10.5. The number of rotatable bonds is 5. The predicted octanol–water partition coefficient (Wildman–Crippen LogP) is 4.14. The second kappa shape index (κ2) is 7.36. The second-order valence-electron chi connectivity index (χ2n) is 5.17. The van der Waals surface area contributed by atoms with Crippen LogP contribution in [0.1, 0.15) is 5.69 Å². The molecule has 0 spiro atoms. The van der Waals surface area contributed by atoms with Gasteiger partial charge in [0.2, 0.25) is 5.75 Å². The molecule has 26 heavy (non-hydrogen) atoms. The van der Waals surface area contributed by atoms with Crippen molar-refractivity contribution >= 4 is 23.0 Å². The summed E-state index contributed by atoms with van der Waals surface area (Å²) in [4.78, 5) is 26.4. The van der Waals surface area contributed by atoms with Gasteiger partial charge in [0.05, 0.1) is 17.0 Å². The maximum absolute atomic E-state index is 13.3. The van der Waals surface area contributed by atoms with Gasteiger partial charge in [0.1, 0.15) is 16.6 Å². The van der Waals surface area contributed by atoms with Crippen LogP contribution in [0.15, 0.2) is 47.8 Å². The van der Waals surface area contributed by atoms with Gasteiger partial charge in [0.25, 0.3) is 0 Å². The first kappa shape index (κ1) is 17.6. The summed E-state index contributed by atoms with van der Waals surface area (Å²) in [5.74, 6) is -2.40. The Kier molecular flexibility index (Phi) is 4.99. The SMILES string of the molecule is O=C(Cc1csc(-c2ccc(F)cc2)n1)Oc1cc(F)ccc1[N+](=O)[O-]. The molecule has 1 aromatic heterocycles. The van der Waals surface area contributed by atoms with Gasteiger partial charge in [0, 0.05) is 23.1 Å². The Morgan fingerprint density at radius 2 is 1.85 bits per heavy atom. The third kappa shape index (κ3) is 4.06. The number of benzene rings is 2. The Bertz CT molecular complexity index is 973. The molecule has 3 rings (SSSR count). The molecule has 0 aliphatic carbocycles. The third-order valence-electron chi connectivity index (χ3n) is 3.31. The molecule has 3 aromatic rings. The van der Waals surface area contributed by atoms with E-state index in [1.165, 1.54) is 23.5 Å². The summed E-state index contributed by atoms with van der Waals surface area (Å²) in [5, 5.41) is 13.1. The average Bonchev–Trinajstić information content (AvgIpc) is 3.03. The van der Waals surface area contributed by atoms with Crippen molar-refractivity contribution in [2.75, 3.05) is 0 Å². The first-order valence-corrected chi connectivity index (χ1v) is 8.15. The van der Waals surface area contributed by atoms with E-state index >= 15 is 0 Å². The van der Waals surface area contributed by atoms with Gasteiger partial charge in [-0.05, 0) is 30.3 Å². The number of hydrogen-bond donors (Lipinski definition) is 0. The van der Waals surface area contributed by atoms with Gasteiger partial charge in [-0.3, -0.25) is 14.9 Å². The van der Waals surface area contributed by atoms with Gasteiger partial charge >= 0.3 is 11.7 Å². The summed E-state index contributed by atoms with van der Waals surface area (Å²) in [7, 11) is 0. The van der Waals surface area contributed by atoms with Crippen LogP contribution in [0.3, 0.4) is 0 Å². The van der Waals surface area contributed by atoms with Crippen LogP contribution in [0.25, 0.3) is 10.6 Å². The van der Waals surface area contributed by atoms with Crippen LogP contribution < -0.4 is 4.74 Å². The molecule has 0 amide bonds. The lowest BCUT2D eigenvalue weighted by molar-refractivity contribution is -0.385. The minimum atomic E-state index is -0.811. The van der Waals surface area contributed by atoms with Crippen molar-refractivity contribution in [2.45, 2.75) is 6.42 Å². The summed E-state index contributed by atoms with van der Waals surface area (Å²) in [6.45, 7) is 0. The third-order valence-corrected chi connectivity index (χ3v) is 4.25. The Hall–Kier alpha value is -3.20. The molecule has 0 bridgehead atoms. The molecule has 0 N–H and O–H groups in total. The van der Waals surface area contributed by atoms with Crippen LogP contribution in [-0.4, -0.2) is 15.9 Å². The maximum atomic E-state index is 13.3. The highest BCUT2D eigenvalue weighted by Crippen LogP contribution is 2.28. The van der Waals surface area contributed by atoms with E-state index in [1.807, 2.05) is 0 Å². The molecule has 1 heterocycles. The molecule has 0 atom stereocenters. The quantitative estimate of drug-likeness (QED) is 0.289. The summed E-state index contributed by atoms with van der Waals surface area (Å²) in [6.07, 6.45) is -0.245. The zero-order chi connectivity index (χ0) is 18.7. The van der Waals surface area contributed by atoms with E-state index in [-0.39, 0.29) is 12.2 Å². The number of esters is 1. The smallest absolute Gasteiger partial charge is 0.317 e. The van der Waals surface area contributed by atoms with Crippen LogP contribution in [0.2, 0.25) is 0 Å². The lowest BCUT2D eigenvalue weighted by Gasteiger charge is -2.04. The first-order valence-electron chi connectivity index (χ1n) is 7.27. The van der Waals surface area contributed by atoms with Crippen LogP contribution in [0.4, 0.5) is 14.5 Å². The van der Waals surface area contributed by atoms with Crippen molar-refractivity contribution in [3.63, 3.8) is 0 Å². The number of halogens is 2. The summed E-state index contributed by atoms with van der Waals surface area (Å²) >= 11 is 1.26. The van der Waals surface area contributed by atoms with Crippen LogP contribution >= 0.6 is 11.3 Å². The fraction of sp³-hybridized carbons (Fsp3) is 0.0588. The molecule has 0 fully saturated rings. The molecular formula is C17H10F2N2O4S. The van der Waals surface area contributed by atoms with Crippen molar-refractivity contribution in [1.29, 1.82) is 0 Å². The lowest BCUT2D eigenvalue weighted by atomic mass is 10.2. The van der Waals surface area contributed by atoms with Gasteiger partial charge in [0.15, 0.2) is 0 Å². The zero-order valence-electron chi connectivity index (χ0n) is 13.0. The topological polar surface area (TPSA) is 82.3 Å². The van der Waals surface area contributed by atoms with E-state index in [0.29, 0.717) is 16.3 Å². The van der Waals surface area contributed by atoms with E-state index in [2.05, 4.69) is 4.98 Å².